The molecule has 0 aliphatic carbocycles. The molecule has 0 radical (unpaired) electrons. The Morgan fingerprint density at radius 2 is 1.89 bits per heavy atom. The van der Waals surface area contributed by atoms with Crippen molar-refractivity contribution < 1.29 is 9.53 Å². The second-order valence-electron chi connectivity index (χ2n) is 8.80. The molecule has 0 N–H and O–H groups in total. The third-order valence-corrected chi connectivity index (χ3v) is 7.22. The van der Waals surface area contributed by atoms with Crippen molar-refractivity contribution in [2.24, 2.45) is 12.0 Å². The predicted molar refractivity (Wildman–Crippen MR) is 139 cm³/mol. The molecule has 8 heteroatoms. The summed E-state index contributed by atoms with van der Waals surface area (Å²) in [4.78, 5) is 32.1. The average Bonchev–Trinajstić information content (AvgIpc) is 3.29. The van der Waals surface area contributed by atoms with Crippen LogP contribution < -0.4 is 14.9 Å². The van der Waals surface area contributed by atoms with E-state index in [2.05, 4.69) is 4.99 Å². The van der Waals surface area contributed by atoms with Gasteiger partial charge in [-0.2, -0.15) is 0 Å². The van der Waals surface area contributed by atoms with E-state index in [9.17, 15) is 9.59 Å². The predicted octanol–water partition coefficient (Wildman–Crippen LogP) is 4.33. The number of para-hydroxylation sites is 1. The van der Waals surface area contributed by atoms with Crippen LogP contribution >= 0.6 is 22.9 Å². The van der Waals surface area contributed by atoms with Gasteiger partial charge in [-0.3, -0.25) is 9.36 Å². The van der Waals surface area contributed by atoms with Crippen LogP contribution in [0.2, 0.25) is 5.02 Å². The number of fused-ring (bicyclic) bond motifs is 2. The largest absolute Gasteiger partial charge is 0.459 e. The van der Waals surface area contributed by atoms with E-state index < -0.39 is 12.0 Å². The lowest BCUT2D eigenvalue weighted by Crippen LogP contribution is -2.40. The topological polar surface area (TPSA) is 65.6 Å². The molecule has 35 heavy (non-hydrogen) atoms. The van der Waals surface area contributed by atoms with Crippen molar-refractivity contribution in [2.75, 3.05) is 0 Å². The molecule has 0 fully saturated rings. The van der Waals surface area contributed by atoms with Gasteiger partial charge in [0.05, 0.1) is 27.9 Å². The summed E-state index contributed by atoms with van der Waals surface area (Å²) in [5.74, 6) is -0.482. The van der Waals surface area contributed by atoms with Crippen molar-refractivity contribution >= 4 is 45.9 Å². The molecule has 5 rings (SSSR count). The Bertz CT molecular complexity index is 1670. The smallest absolute Gasteiger partial charge is 0.338 e. The van der Waals surface area contributed by atoms with Crippen LogP contribution in [0.5, 0.6) is 0 Å². The molecule has 6 nitrogen and oxygen atoms in total. The van der Waals surface area contributed by atoms with Gasteiger partial charge in [0.15, 0.2) is 4.80 Å². The Hall–Kier alpha value is -3.42. The van der Waals surface area contributed by atoms with Crippen LogP contribution in [0.3, 0.4) is 0 Å². The maximum atomic E-state index is 13.8. The van der Waals surface area contributed by atoms with Gasteiger partial charge in [0.2, 0.25) is 0 Å². The molecule has 178 valence electrons. The number of aryl methyl sites for hydroxylation is 1. The molecule has 1 aliphatic heterocycles. The Balaban J connectivity index is 1.74. The standard InChI is InChI=1S/C27H24ClN3O3S/c1-15(2)34-26(33)23-16(3)29-27-31(24(23)17-9-11-19(28)12-10-17)25(32)22(35-27)13-18-14-30(4)21-8-6-5-7-20(18)21/h5-15,24H,1-4H3/b22-13+/t24-/m1/s1. The summed E-state index contributed by atoms with van der Waals surface area (Å²) in [6.07, 6.45) is 3.61. The van der Waals surface area contributed by atoms with E-state index in [1.54, 1.807) is 37.5 Å². The summed E-state index contributed by atoms with van der Waals surface area (Å²) >= 11 is 7.44. The Morgan fingerprint density at radius 3 is 2.60 bits per heavy atom. The fourth-order valence-electron chi connectivity index (χ4n) is 4.45. The molecule has 4 aromatic rings. The molecule has 1 aliphatic rings. The first-order chi connectivity index (χ1) is 16.7. The number of allylic oxidation sites excluding steroid dienone is 1. The van der Waals surface area contributed by atoms with Crippen molar-refractivity contribution in [2.45, 2.75) is 32.9 Å². The fourth-order valence-corrected chi connectivity index (χ4v) is 5.61. The van der Waals surface area contributed by atoms with Gasteiger partial charge < -0.3 is 9.30 Å². The van der Waals surface area contributed by atoms with Gasteiger partial charge in [0.25, 0.3) is 5.56 Å². The van der Waals surface area contributed by atoms with Crippen LogP contribution in [0, 0.1) is 0 Å². The van der Waals surface area contributed by atoms with Crippen molar-refractivity contribution in [3.05, 3.63) is 102 Å². The summed E-state index contributed by atoms with van der Waals surface area (Å²) in [6.45, 7) is 5.37. The zero-order chi connectivity index (χ0) is 24.9. The highest BCUT2D eigenvalue weighted by molar-refractivity contribution is 7.07. The number of aromatic nitrogens is 2. The normalized spacial score (nSPS) is 16.1. The zero-order valence-corrected chi connectivity index (χ0v) is 21.4. The van der Waals surface area contributed by atoms with Gasteiger partial charge in [-0.25, -0.2) is 9.79 Å². The lowest BCUT2D eigenvalue weighted by Gasteiger charge is -2.25. The van der Waals surface area contributed by atoms with Crippen molar-refractivity contribution in [3.8, 4) is 0 Å². The van der Waals surface area contributed by atoms with Gasteiger partial charge in [-0.1, -0.05) is 53.3 Å². The molecule has 0 unspecified atom stereocenters. The first-order valence-corrected chi connectivity index (χ1v) is 12.5. The molecule has 3 heterocycles. The number of halogens is 1. The molecule has 0 spiro atoms. The van der Waals surface area contributed by atoms with Crippen molar-refractivity contribution in [1.82, 2.24) is 9.13 Å². The summed E-state index contributed by atoms with van der Waals surface area (Å²) in [6, 6.07) is 14.6. The summed E-state index contributed by atoms with van der Waals surface area (Å²) in [7, 11) is 1.98. The number of hydrogen-bond donors (Lipinski definition) is 0. The number of rotatable bonds is 4. The van der Waals surface area contributed by atoms with E-state index in [1.165, 1.54) is 11.3 Å². The number of nitrogens with zero attached hydrogens (tertiary/aromatic N) is 3. The van der Waals surface area contributed by atoms with Crippen molar-refractivity contribution in [1.29, 1.82) is 0 Å². The first kappa shape index (κ1) is 23.3. The van der Waals surface area contributed by atoms with Crippen LogP contribution in [0.15, 0.2) is 75.8 Å². The Labute approximate surface area is 211 Å². The maximum Gasteiger partial charge on any atom is 0.338 e. The first-order valence-electron chi connectivity index (χ1n) is 11.3. The van der Waals surface area contributed by atoms with Gasteiger partial charge in [-0.05, 0) is 50.6 Å². The highest BCUT2D eigenvalue weighted by atomic mass is 35.5. The summed E-state index contributed by atoms with van der Waals surface area (Å²) < 4.78 is 9.72. The third kappa shape index (κ3) is 4.15. The number of thiazole rings is 1. The van der Waals surface area contributed by atoms with E-state index in [4.69, 9.17) is 16.3 Å². The van der Waals surface area contributed by atoms with Crippen LogP contribution in [0.4, 0.5) is 0 Å². The quantitative estimate of drug-likeness (QED) is 0.388. The van der Waals surface area contributed by atoms with Crippen LogP contribution in [0.1, 0.15) is 37.9 Å². The summed E-state index contributed by atoms with van der Waals surface area (Å²) in [5.41, 5.74) is 3.48. The van der Waals surface area contributed by atoms with Crippen LogP contribution in [0.25, 0.3) is 17.0 Å². The summed E-state index contributed by atoms with van der Waals surface area (Å²) in [5, 5.41) is 1.64. The number of esters is 1. The van der Waals surface area contributed by atoms with Gasteiger partial charge in [0.1, 0.15) is 0 Å². The molecule has 0 amide bonds. The van der Waals surface area contributed by atoms with E-state index in [1.807, 2.05) is 60.3 Å². The van der Waals surface area contributed by atoms with Crippen LogP contribution in [-0.2, 0) is 16.6 Å². The highest BCUT2D eigenvalue weighted by Crippen LogP contribution is 2.31. The Kier molecular flexibility index (Phi) is 5.99. The number of ether oxygens (including phenoxy) is 1. The van der Waals surface area contributed by atoms with Crippen LogP contribution in [-0.4, -0.2) is 21.2 Å². The minimum absolute atomic E-state index is 0.205. The van der Waals surface area contributed by atoms with Crippen molar-refractivity contribution in [3.63, 3.8) is 0 Å². The lowest BCUT2D eigenvalue weighted by atomic mass is 9.96. The third-order valence-electron chi connectivity index (χ3n) is 5.98. The molecule has 1 atom stereocenters. The minimum atomic E-state index is -0.663. The minimum Gasteiger partial charge on any atom is -0.459 e. The zero-order valence-electron chi connectivity index (χ0n) is 19.8. The second-order valence-corrected chi connectivity index (χ2v) is 10.2. The highest BCUT2D eigenvalue weighted by Gasteiger charge is 2.33. The molecular weight excluding hydrogens is 482 g/mol. The number of hydrogen-bond acceptors (Lipinski definition) is 5. The van der Waals surface area contributed by atoms with Gasteiger partial charge >= 0.3 is 5.97 Å². The molecule has 0 bridgehead atoms. The van der Waals surface area contributed by atoms with E-state index >= 15 is 0 Å². The van der Waals surface area contributed by atoms with Gasteiger partial charge in [0, 0.05) is 34.7 Å². The van der Waals surface area contributed by atoms with E-state index in [0.717, 1.165) is 22.0 Å². The monoisotopic (exact) mass is 505 g/mol. The second kappa shape index (κ2) is 8.98. The molecule has 0 saturated heterocycles. The molecule has 2 aromatic heterocycles. The number of benzene rings is 2. The molecule has 0 saturated carbocycles. The maximum absolute atomic E-state index is 13.8. The van der Waals surface area contributed by atoms with E-state index in [0.29, 0.717) is 25.6 Å². The SMILES string of the molecule is CC1=C(C(=O)OC(C)C)[C@@H](c2ccc(Cl)cc2)n2c(s/c(=C/c3cn(C)c4ccccc34)c2=O)=N1. The lowest BCUT2D eigenvalue weighted by molar-refractivity contribution is -0.143. The number of carbonyl (C=O) groups is 1. The Morgan fingerprint density at radius 1 is 1.17 bits per heavy atom. The molecule has 2 aromatic carbocycles. The number of carbonyl (C=O) groups excluding carboxylic acids is 1. The van der Waals surface area contributed by atoms with Gasteiger partial charge in [-0.15, -0.1) is 0 Å². The fraction of sp³-hybridized carbons (Fsp3) is 0.222. The van der Waals surface area contributed by atoms with E-state index in [-0.39, 0.29) is 11.7 Å². The average molecular weight is 506 g/mol. The molecular formula is C27H24ClN3O3S.